The summed E-state index contributed by atoms with van der Waals surface area (Å²) in [6.45, 7) is 2.40. The van der Waals surface area contributed by atoms with E-state index in [0.29, 0.717) is 13.0 Å². The number of esters is 1. The van der Waals surface area contributed by atoms with Gasteiger partial charge in [0.05, 0.1) is 7.11 Å². The van der Waals surface area contributed by atoms with E-state index in [4.69, 9.17) is 4.74 Å². The third-order valence-corrected chi connectivity index (χ3v) is 3.65. The Morgan fingerprint density at radius 1 is 1.00 bits per heavy atom. The van der Waals surface area contributed by atoms with Crippen molar-refractivity contribution in [1.82, 2.24) is 10.6 Å². The van der Waals surface area contributed by atoms with Crippen molar-refractivity contribution in [3.63, 3.8) is 0 Å². The van der Waals surface area contributed by atoms with Crippen molar-refractivity contribution in [2.24, 2.45) is 0 Å². The average molecular weight is 326 g/mol. The fourth-order valence-corrected chi connectivity index (χ4v) is 2.28. The molecule has 2 amide bonds. The predicted molar refractivity (Wildman–Crippen MR) is 92.5 cm³/mol. The first-order valence-electron chi connectivity index (χ1n) is 7.80. The van der Waals surface area contributed by atoms with Crippen LogP contribution in [0.1, 0.15) is 16.7 Å². The molecular formula is C19H22N2O3. The number of aryl methyl sites for hydroxylation is 1. The smallest absolute Gasteiger partial charge is 0.328 e. The summed E-state index contributed by atoms with van der Waals surface area (Å²) in [7, 11) is 1.31. The fourth-order valence-electron chi connectivity index (χ4n) is 2.28. The maximum absolute atomic E-state index is 12.1. The van der Waals surface area contributed by atoms with Crippen LogP contribution in [-0.2, 0) is 22.5 Å². The third kappa shape index (κ3) is 5.43. The number of nitrogens with one attached hydrogen (secondary N) is 2. The van der Waals surface area contributed by atoms with Crippen molar-refractivity contribution in [2.75, 3.05) is 7.11 Å². The van der Waals surface area contributed by atoms with E-state index in [2.05, 4.69) is 10.6 Å². The van der Waals surface area contributed by atoms with Crippen molar-refractivity contribution in [3.05, 3.63) is 71.3 Å². The highest BCUT2D eigenvalue weighted by atomic mass is 16.5. The molecule has 0 saturated heterocycles. The quantitative estimate of drug-likeness (QED) is 0.802. The Kier molecular flexibility index (Phi) is 6.37. The van der Waals surface area contributed by atoms with Crippen LogP contribution in [0.4, 0.5) is 4.79 Å². The molecule has 0 aromatic heterocycles. The zero-order valence-corrected chi connectivity index (χ0v) is 13.9. The van der Waals surface area contributed by atoms with E-state index in [1.165, 1.54) is 7.11 Å². The van der Waals surface area contributed by atoms with Crippen LogP contribution in [0.15, 0.2) is 54.6 Å². The van der Waals surface area contributed by atoms with Crippen LogP contribution >= 0.6 is 0 Å². The number of urea groups is 1. The molecular weight excluding hydrogens is 304 g/mol. The maximum Gasteiger partial charge on any atom is 0.328 e. The van der Waals surface area contributed by atoms with Crippen LogP contribution < -0.4 is 10.6 Å². The normalized spacial score (nSPS) is 11.4. The van der Waals surface area contributed by atoms with Crippen LogP contribution in [0.2, 0.25) is 0 Å². The molecule has 2 rings (SSSR count). The van der Waals surface area contributed by atoms with Gasteiger partial charge in [-0.25, -0.2) is 9.59 Å². The lowest BCUT2D eigenvalue weighted by Gasteiger charge is -2.17. The Morgan fingerprint density at radius 3 is 2.29 bits per heavy atom. The third-order valence-electron chi connectivity index (χ3n) is 3.65. The molecule has 2 N–H and O–H groups in total. The first-order chi connectivity index (χ1) is 11.6. The second-order valence-corrected chi connectivity index (χ2v) is 5.58. The Bertz CT molecular complexity index is 669. The number of ether oxygens (including phenoxy) is 1. The van der Waals surface area contributed by atoms with E-state index in [1.54, 1.807) is 0 Å². The van der Waals surface area contributed by atoms with Crippen LogP contribution in [0.3, 0.4) is 0 Å². The number of benzene rings is 2. The molecule has 0 unspecified atom stereocenters. The van der Waals surface area contributed by atoms with Crippen molar-refractivity contribution in [3.8, 4) is 0 Å². The first-order valence-corrected chi connectivity index (χ1v) is 7.80. The van der Waals surface area contributed by atoms with Gasteiger partial charge in [0.15, 0.2) is 0 Å². The van der Waals surface area contributed by atoms with E-state index < -0.39 is 18.0 Å². The fraction of sp³-hybridized carbons (Fsp3) is 0.263. The molecule has 0 saturated carbocycles. The molecule has 2 aromatic rings. The predicted octanol–water partition coefficient (Wildman–Crippen LogP) is 2.58. The zero-order valence-electron chi connectivity index (χ0n) is 13.9. The SMILES string of the molecule is COC(=O)[C@H](Cc1ccccc1)NC(=O)NCc1ccc(C)cc1. The highest BCUT2D eigenvalue weighted by Gasteiger charge is 2.21. The van der Waals surface area contributed by atoms with Gasteiger partial charge in [-0.05, 0) is 18.1 Å². The van der Waals surface area contributed by atoms with Crippen molar-refractivity contribution in [1.29, 1.82) is 0 Å². The standard InChI is InChI=1S/C19H22N2O3/c1-14-8-10-16(11-9-14)13-20-19(23)21-17(18(22)24-2)12-15-6-4-3-5-7-15/h3-11,17H,12-13H2,1-2H3,(H2,20,21,23)/t17-/m0/s1. The number of rotatable bonds is 6. The molecule has 0 spiro atoms. The van der Waals surface area contributed by atoms with Gasteiger partial charge in [0.25, 0.3) is 0 Å². The minimum atomic E-state index is -0.726. The molecule has 24 heavy (non-hydrogen) atoms. The molecule has 0 aliphatic heterocycles. The molecule has 0 radical (unpaired) electrons. The van der Waals surface area contributed by atoms with Crippen LogP contribution in [0.25, 0.3) is 0 Å². The van der Waals surface area contributed by atoms with Gasteiger partial charge in [0.2, 0.25) is 0 Å². The second kappa shape index (κ2) is 8.72. The highest BCUT2D eigenvalue weighted by Crippen LogP contribution is 2.05. The van der Waals surface area contributed by atoms with E-state index in [1.807, 2.05) is 61.5 Å². The van der Waals surface area contributed by atoms with E-state index in [0.717, 1.165) is 16.7 Å². The Labute approximate surface area is 142 Å². The van der Waals surface area contributed by atoms with Crippen LogP contribution in [0.5, 0.6) is 0 Å². The number of methoxy groups -OCH3 is 1. The van der Waals surface area contributed by atoms with Crippen LogP contribution in [0, 0.1) is 6.92 Å². The van der Waals surface area contributed by atoms with Crippen molar-refractivity contribution in [2.45, 2.75) is 25.9 Å². The Hall–Kier alpha value is -2.82. The molecule has 0 aliphatic rings. The van der Waals surface area contributed by atoms with Gasteiger partial charge in [0.1, 0.15) is 6.04 Å². The number of amides is 2. The Morgan fingerprint density at radius 2 is 1.67 bits per heavy atom. The van der Waals surface area contributed by atoms with Gasteiger partial charge in [0, 0.05) is 13.0 Å². The van der Waals surface area contributed by atoms with Crippen LogP contribution in [-0.4, -0.2) is 25.2 Å². The zero-order chi connectivity index (χ0) is 17.4. The van der Waals surface area contributed by atoms with Gasteiger partial charge >= 0.3 is 12.0 Å². The summed E-state index contributed by atoms with van der Waals surface area (Å²) in [5, 5.41) is 5.43. The molecule has 0 bridgehead atoms. The average Bonchev–Trinajstić information content (AvgIpc) is 2.61. The van der Waals surface area contributed by atoms with Gasteiger partial charge in [-0.1, -0.05) is 60.2 Å². The summed E-state index contributed by atoms with van der Waals surface area (Å²) in [5.41, 5.74) is 3.11. The molecule has 0 heterocycles. The monoisotopic (exact) mass is 326 g/mol. The minimum absolute atomic E-state index is 0.380. The molecule has 126 valence electrons. The highest BCUT2D eigenvalue weighted by molar-refractivity contribution is 5.83. The lowest BCUT2D eigenvalue weighted by Crippen LogP contribution is -2.47. The summed E-state index contributed by atoms with van der Waals surface area (Å²) in [6.07, 6.45) is 0.380. The minimum Gasteiger partial charge on any atom is -0.467 e. The summed E-state index contributed by atoms with van der Waals surface area (Å²) in [6, 6.07) is 16.2. The summed E-state index contributed by atoms with van der Waals surface area (Å²) < 4.78 is 4.78. The number of carbonyl (C=O) groups is 2. The van der Waals surface area contributed by atoms with Crippen molar-refractivity contribution < 1.29 is 14.3 Å². The van der Waals surface area contributed by atoms with E-state index in [9.17, 15) is 9.59 Å². The molecule has 0 aliphatic carbocycles. The number of hydrogen-bond donors (Lipinski definition) is 2. The molecule has 0 fully saturated rings. The first kappa shape index (κ1) is 17.5. The molecule has 5 nitrogen and oxygen atoms in total. The topological polar surface area (TPSA) is 67.4 Å². The summed E-state index contributed by atoms with van der Waals surface area (Å²) in [4.78, 5) is 24.0. The molecule has 1 atom stereocenters. The van der Waals surface area contributed by atoms with Gasteiger partial charge in [-0.15, -0.1) is 0 Å². The lowest BCUT2D eigenvalue weighted by atomic mass is 10.1. The Balaban J connectivity index is 1.91. The van der Waals surface area contributed by atoms with Gasteiger partial charge < -0.3 is 15.4 Å². The van der Waals surface area contributed by atoms with Crippen molar-refractivity contribution >= 4 is 12.0 Å². The van der Waals surface area contributed by atoms with E-state index >= 15 is 0 Å². The number of carbonyl (C=O) groups excluding carboxylic acids is 2. The summed E-state index contributed by atoms with van der Waals surface area (Å²) in [5.74, 6) is -0.468. The number of hydrogen-bond acceptors (Lipinski definition) is 3. The summed E-state index contributed by atoms with van der Waals surface area (Å²) >= 11 is 0. The van der Waals surface area contributed by atoms with Gasteiger partial charge in [-0.3, -0.25) is 0 Å². The van der Waals surface area contributed by atoms with E-state index in [-0.39, 0.29) is 0 Å². The van der Waals surface area contributed by atoms with Gasteiger partial charge in [-0.2, -0.15) is 0 Å². The lowest BCUT2D eigenvalue weighted by molar-refractivity contribution is -0.142. The molecule has 5 heteroatoms. The maximum atomic E-state index is 12.1. The largest absolute Gasteiger partial charge is 0.467 e. The second-order valence-electron chi connectivity index (χ2n) is 5.58. The molecule has 2 aromatic carbocycles.